The second-order valence-corrected chi connectivity index (χ2v) is 8.02. The van der Waals surface area contributed by atoms with Crippen LogP contribution < -0.4 is 5.32 Å². The summed E-state index contributed by atoms with van der Waals surface area (Å²) in [5.41, 5.74) is 0.676. The second kappa shape index (κ2) is 8.45. The van der Waals surface area contributed by atoms with Crippen LogP contribution in [0.3, 0.4) is 0 Å². The quantitative estimate of drug-likeness (QED) is 0.695. The van der Waals surface area contributed by atoms with Gasteiger partial charge in [-0.1, -0.05) is 30.8 Å². The smallest absolute Gasteiger partial charge is 0.244 e. The van der Waals surface area contributed by atoms with Gasteiger partial charge in [0.15, 0.2) is 0 Å². The summed E-state index contributed by atoms with van der Waals surface area (Å²) >= 11 is 1.20. The molecule has 2 rings (SSSR count). The van der Waals surface area contributed by atoms with Gasteiger partial charge >= 0.3 is 0 Å². The van der Waals surface area contributed by atoms with Crippen molar-refractivity contribution in [3.63, 3.8) is 0 Å². The molecule has 2 aromatic heterocycles. The van der Waals surface area contributed by atoms with E-state index in [9.17, 15) is 13.2 Å². The van der Waals surface area contributed by atoms with Crippen molar-refractivity contribution in [3.05, 3.63) is 30.1 Å². The largest absolute Gasteiger partial charge is 0.338 e. The molecule has 0 aliphatic carbocycles. The van der Waals surface area contributed by atoms with Gasteiger partial charge in [0.1, 0.15) is 4.90 Å². The van der Waals surface area contributed by atoms with Crippen LogP contribution in [0.4, 0.5) is 5.88 Å². The molecule has 136 valence electrons. The van der Waals surface area contributed by atoms with Gasteiger partial charge in [0.05, 0.1) is 16.5 Å². The first-order valence-corrected chi connectivity index (χ1v) is 10.1. The lowest BCUT2D eigenvalue weighted by Gasteiger charge is -2.18. The van der Waals surface area contributed by atoms with Crippen LogP contribution in [0, 0.1) is 6.92 Å². The van der Waals surface area contributed by atoms with Crippen molar-refractivity contribution in [1.82, 2.24) is 14.4 Å². The number of rotatable bonds is 8. The summed E-state index contributed by atoms with van der Waals surface area (Å²) in [7, 11) is -3.52. The predicted octanol–water partition coefficient (Wildman–Crippen LogP) is 2.14. The highest BCUT2D eigenvalue weighted by Gasteiger charge is 2.21. The highest BCUT2D eigenvalue weighted by Crippen LogP contribution is 2.20. The third-order valence-corrected chi connectivity index (χ3v) is 6.27. The SMILES string of the molecule is CCN(CC)S(=O)(=O)c1ccc(SCC(=O)Nc2cc(C)no2)nc1. The Kier molecular flexibility index (Phi) is 6.57. The maximum absolute atomic E-state index is 12.4. The Morgan fingerprint density at radius 2 is 2.04 bits per heavy atom. The van der Waals surface area contributed by atoms with Gasteiger partial charge < -0.3 is 4.52 Å². The van der Waals surface area contributed by atoms with Crippen LogP contribution in [0.5, 0.6) is 0 Å². The van der Waals surface area contributed by atoms with Crippen molar-refractivity contribution in [2.24, 2.45) is 0 Å². The molecule has 0 saturated heterocycles. The minimum absolute atomic E-state index is 0.120. The molecule has 0 aromatic carbocycles. The molecule has 1 amide bonds. The van der Waals surface area contributed by atoms with Crippen molar-refractivity contribution in [3.8, 4) is 0 Å². The zero-order valence-electron chi connectivity index (χ0n) is 14.2. The van der Waals surface area contributed by atoms with Gasteiger partial charge in [-0.15, -0.1) is 0 Å². The molecule has 0 aliphatic heterocycles. The summed E-state index contributed by atoms with van der Waals surface area (Å²) in [6, 6.07) is 4.71. The zero-order valence-corrected chi connectivity index (χ0v) is 15.9. The number of pyridine rings is 1. The fourth-order valence-corrected chi connectivity index (χ4v) is 4.10. The molecule has 10 heteroatoms. The summed E-state index contributed by atoms with van der Waals surface area (Å²) < 4.78 is 31.0. The summed E-state index contributed by atoms with van der Waals surface area (Å²) in [5.74, 6) is 0.147. The monoisotopic (exact) mass is 384 g/mol. The van der Waals surface area contributed by atoms with Gasteiger partial charge in [-0.25, -0.2) is 13.4 Å². The van der Waals surface area contributed by atoms with Crippen molar-refractivity contribution in [1.29, 1.82) is 0 Å². The van der Waals surface area contributed by atoms with Crippen molar-refractivity contribution >= 4 is 33.6 Å². The van der Waals surface area contributed by atoms with Crippen LogP contribution >= 0.6 is 11.8 Å². The van der Waals surface area contributed by atoms with Crippen LogP contribution in [0.2, 0.25) is 0 Å². The van der Waals surface area contributed by atoms with Crippen LogP contribution in [-0.4, -0.2) is 47.6 Å². The molecule has 1 N–H and O–H groups in total. The standard InChI is InChI=1S/C15H20N4O4S2/c1-4-19(5-2)25(21,22)12-6-7-15(16-9-12)24-10-13(20)17-14-8-11(3)18-23-14/h6-9H,4-5,10H2,1-3H3,(H,17,20). The molecule has 2 aromatic rings. The first-order valence-electron chi connectivity index (χ1n) is 7.69. The first-order chi connectivity index (χ1) is 11.9. The number of nitrogens with zero attached hydrogens (tertiary/aromatic N) is 3. The van der Waals surface area contributed by atoms with Crippen LogP contribution in [-0.2, 0) is 14.8 Å². The lowest BCUT2D eigenvalue weighted by atomic mass is 10.5. The van der Waals surface area contributed by atoms with Crippen LogP contribution in [0.25, 0.3) is 0 Å². The Bertz CT molecular complexity index is 814. The molecule has 0 unspecified atom stereocenters. The normalized spacial score (nSPS) is 11.7. The number of hydrogen-bond donors (Lipinski definition) is 1. The molecule has 25 heavy (non-hydrogen) atoms. The average Bonchev–Trinajstić information content (AvgIpc) is 2.99. The summed E-state index contributed by atoms with van der Waals surface area (Å²) in [6.45, 7) is 6.12. The molecule has 0 atom stereocenters. The molecule has 0 fully saturated rings. The Morgan fingerprint density at radius 3 is 2.56 bits per heavy atom. The number of hydrogen-bond acceptors (Lipinski definition) is 7. The topological polar surface area (TPSA) is 105 Å². The number of anilines is 1. The highest BCUT2D eigenvalue weighted by molar-refractivity contribution is 7.99. The van der Waals surface area contributed by atoms with E-state index in [1.807, 2.05) is 0 Å². The van der Waals surface area contributed by atoms with Gasteiger partial charge in [-0.2, -0.15) is 4.31 Å². The summed E-state index contributed by atoms with van der Waals surface area (Å²) in [6.07, 6.45) is 1.31. The minimum Gasteiger partial charge on any atom is -0.338 e. The molecule has 8 nitrogen and oxygen atoms in total. The van der Waals surface area contributed by atoms with E-state index in [1.54, 1.807) is 32.9 Å². The fourth-order valence-electron chi connectivity index (χ4n) is 2.05. The van der Waals surface area contributed by atoms with E-state index in [2.05, 4.69) is 15.5 Å². The predicted molar refractivity (Wildman–Crippen MR) is 94.9 cm³/mol. The zero-order chi connectivity index (χ0) is 18.4. The van der Waals surface area contributed by atoms with Gasteiger partial charge in [0.2, 0.25) is 21.8 Å². The molecule has 0 aliphatic rings. The number of sulfonamides is 1. The van der Waals surface area contributed by atoms with E-state index >= 15 is 0 Å². The first kappa shape index (κ1) is 19.4. The molecule has 2 heterocycles. The number of carbonyl (C=O) groups is 1. The molecule has 0 radical (unpaired) electrons. The Labute approximate surface area is 151 Å². The maximum Gasteiger partial charge on any atom is 0.244 e. The van der Waals surface area contributed by atoms with E-state index in [-0.39, 0.29) is 22.4 Å². The Morgan fingerprint density at radius 1 is 1.32 bits per heavy atom. The van der Waals surface area contributed by atoms with Crippen molar-refractivity contribution < 1.29 is 17.7 Å². The Hall–Kier alpha value is -1.91. The Balaban J connectivity index is 1.95. The van der Waals surface area contributed by atoms with E-state index in [4.69, 9.17) is 4.52 Å². The maximum atomic E-state index is 12.4. The van der Waals surface area contributed by atoms with E-state index in [0.717, 1.165) is 0 Å². The lowest BCUT2D eigenvalue weighted by Crippen LogP contribution is -2.30. The van der Waals surface area contributed by atoms with Gasteiger partial charge in [0.25, 0.3) is 0 Å². The van der Waals surface area contributed by atoms with E-state index in [0.29, 0.717) is 23.8 Å². The highest BCUT2D eigenvalue weighted by atomic mass is 32.2. The number of thioether (sulfide) groups is 1. The minimum atomic E-state index is -3.52. The third-order valence-electron chi connectivity index (χ3n) is 3.29. The number of carbonyl (C=O) groups excluding carboxylic acids is 1. The van der Waals surface area contributed by atoms with E-state index < -0.39 is 10.0 Å². The van der Waals surface area contributed by atoms with Crippen LogP contribution in [0.1, 0.15) is 19.5 Å². The number of amides is 1. The molecular weight excluding hydrogens is 364 g/mol. The lowest BCUT2D eigenvalue weighted by molar-refractivity contribution is -0.113. The second-order valence-electron chi connectivity index (χ2n) is 5.09. The van der Waals surface area contributed by atoms with Gasteiger partial charge in [-0.05, 0) is 19.1 Å². The number of nitrogens with one attached hydrogen (secondary N) is 1. The van der Waals surface area contributed by atoms with Crippen molar-refractivity contribution in [2.75, 3.05) is 24.2 Å². The molecule has 0 bridgehead atoms. The summed E-state index contributed by atoms with van der Waals surface area (Å²) in [4.78, 5) is 16.1. The van der Waals surface area contributed by atoms with Gasteiger partial charge in [0, 0.05) is 25.4 Å². The number of aromatic nitrogens is 2. The average molecular weight is 384 g/mol. The molecule has 0 spiro atoms. The fraction of sp³-hybridized carbons (Fsp3) is 0.400. The van der Waals surface area contributed by atoms with Gasteiger partial charge in [-0.3, -0.25) is 10.1 Å². The molecule has 0 saturated carbocycles. The van der Waals surface area contributed by atoms with E-state index in [1.165, 1.54) is 28.3 Å². The third kappa shape index (κ3) is 5.03. The summed E-state index contributed by atoms with van der Waals surface area (Å²) in [5, 5.41) is 6.82. The molecular formula is C15H20N4O4S2. The van der Waals surface area contributed by atoms with Crippen molar-refractivity contribution in [2.45, 2.75) is 30.7 Å². The number of aryl methyl sites for hydroxylation is 1. The van der Waals surface area contributed by atoms with Crippen LogP contribution in [0.15, 0.2) is 38.8 Å².